The van der Waals surface area contributed by atoms with E-state index in [2.05, 4.69) is 219 Å². The quantitative estimate of drug-likeness (QED) is 0.164. The lowest BCUT2D eigenvalue weighted by Gasteiger charge is -2.31. The van der Waals surface area contributed by atoms with Crippen molar-refractivity contribution in [1.29, 1.82) is 0 Å². The van der Waals surface area contributed by atoms with Crippen LogP contribution in [0.15, 0.2) is 200 Å². The summed E-state index contributed by atoms with van der Waals surface area (Å²) in [6, 6.07) is 72.8. The summed E-state index contributed by atoms with van der Waals surface area (Å²) in [4.78, 5) is 2.46. The summed E-state index contributed by atoms with van der Waals surface area (Å²) < 4.78 is 0. The van der Waals surface area contributed by atoms with Crippen molar-refractivity contribution in [3.8, 4) is 55.6 Å². The van der Waals surface area contributed by atoms with Crippen molar-refractivity contribution in [1.82, 2.24) is 0 Å². The molecule has 1 aliphatic carbocycles. The molecule has 0 fully saturated rings. The van der Waals surface area contributed by atoms with Crippen molar-refractivity contribution < 1.29 is 0 Å². The van der Waals surface area contributed by atoms with Crippen LogP contribution < -0.4 is 4.90 Å². The standard InChI is InChI=1S/C51H39N/c1-51(2)46-30-16-14-27-43(46)45-35-38(33-34-47(45)51)41-26-15-17-31-48(41)52(39-23-10-5-11-24-39)49-32-18-29-42(37-21-8-4-9-22-37)50(49)44-28-13-12-25-40(44)36-19-6-3-7-20-36/h3-35H,1-2H3. The Labute approximate surface area is 307 Å². The normalized spacial score (nSPS) is 12.6. The molecule has 0 saturated heterocycles. The summed E-state index contributed by atoms with van der Waals surface area (Å²) >= 11 is 0. The fraction of sp³-hybridized carbons (Fsp3) is 0.0588. The predicted molar refractivity (Wildman–Crippen MR) is 220 cm³/mol. The van der Waals surface area contributed by atoms with Gasteiger partial charge < -0.3 is 4.90 Å². The molecule has 0 saturated carbocycles. The third kappa shape index (κ3) is 5.34. The molecule has 8 aromatic rings. The molecule has 1 heteroatoms. The topological polar surface area (TPSA) is 3.24 Å². The molecular formula is C51H39N. The van der Waals surface area contributed by atoms with Crippen LogP contribution in [-0.4, -0.2) is 0 Å². The van der Waals surface area contributed by atoms with E-state index in [9.17, 15) is 0 Å². The third-order valence-electron chi connectivity index (χ3n) is 10.7. The highest BCUT2D eigenvalue weighted by molar-refractivity contribution is 6.02. The Hall–Kier alpha value is -6.44. The number of anilines is 3. The summed E-state index contributed by atoms with van der Waals surface area (Å²) in [5.41, 5.74) is 18.3. The molecule has 0 radical (unpaired) electrons. The fourth-order valence-corrected chi connectivity index (χ4v) is 8.22. The van der Waals surface area contributed by atoms with E-state index in [4.69, 9.17) is 0 Å². The second-order valence-corrected chi connectivity index (χ2v) is 14.1. The minimum absolute atomic E-state index is 0.0427. The Balaban J connectivity index is 1.32. The Morgan fingerprint density at radius 3 is 1.54 bits per heavy atom. The molecule has 52 heavy (non-hydrogen) atoms. The summed E-state index contributed by atoms with van der Waals surface area (Å²) in [6.07, 6.45) is 0. The fourth-order valence-electron chi connectivity index (χ4n) is 8.22. The second-order valence-electron chi connectivity index (χ2n) is 14.1. The smallest absolute Gasteiger partial charge is 0.0546 e. The zero-order valence-corrected chi connectivity index (χ0v) is 29.5. The first-order valence-electron chi connectivity index (χ1n) is 18.1. The largest absolute Gasteiger partial charge is 0.309 e. The van der Waals surface area contributed by atoms with E-state index in [1.165, 1.54) is 66.8 Å². The number of rotatable bonds is 7. The van der Waals surface area contributed by atoms with E-state index >= 15 is 0 Å². The van der Waals surface area contributed by atoms with Crippen molar-refractivity contribution in [2.45, 2.75) is 19.3 Å². The number of para-hydroxylation sites is 2. The van der Waals surface area contributed by atoms with Crippen LogP contribution in [0.4, 0.5) is 17.1 Å². The van der Waals surface area contributed by atoms with Crippen molar-refractivity contribution in [3.63, 3.8) is 0 Å². The molecule has 0 N–H and O–H groups in total. The van der Waals surface area contributed by atoms with Crippen LogP contribution in [0.25, 0.3) is 55.6 Å². The maximum Gasteiger partial charge on any atom is 0.0546 e. The van der Waals surface area contributed by atoms with Gasteiger partial charge in [0.05, 0.1) is 11.4 Å². The van der Waals surface area contributed by atoms with Gasteiger partial charge >= 0.3 is 0 Å². The molecule has 9 rings (SSSR count). The number of hydrogen-bond donors (Lipinski definition) is 0. The first-order valence-corrected chi connectivity index (χ1v) is 18.1. The summed E-state index contributed by atoms with van der Waals surface area (Å²) in [5, 5.41) is 0. The highest BCUT2D eigenvalue weighted by Crippen LogP contribution is 2.52. The molecule has 0 heterocycles. The Morgan fingerprint density at radius 1 is 0.327 bits per heavy atom. The zero-order chi connectivity index (χ0) is 35.1. The summed E-state index contributed by atoms with van der Waals surface area (Å²) in [5.74, 6) is 0. The van der Waals surface area contributed by atoms with Crippen molar-refractivity contribution in [3.05, 3.63) is 211 Å². The molecule has 1 aliphatic rings. The number of fused-ring (bicyclic) bond motifs is 3. The Kier molecular flexibility index (Phi) is 7.90. The number of benzene rings is 8. The van der Waals surface area contributed by atoms with Crippen LogP contribution in [-0.2, 0) is 5.41 Å². The highest BCUT2D eigenvalue weighted by Gasteiger charge is 2.35. The molecule has 1 nitrogen and oxygen atoms in total. The maximum atomic E-state index is 2.46. The summed E-state index contributed by atoms with van der Waals surface area (Å²) in [6.45, 7) is 4.69. The lowest BCUT2D eigenvalue weighted by atomic mass is 9.82. The van der Waals surface area contributed by atoms with Crippen molar-refractivity contribution in [2.75, 3.05) is 4.90 Å². The van der Waals surface area contributed by atoms with E-state index < -0.39 is 0 Å². The molecular weight excluding hydrogens is 627 g/mol. The minimum Gasteiger partial charge on any atom is -0.309 e. The molecule has 0 spiro atoms. The molecule has 0 amide bonds. The molecule has 0 unspecified atom stereocenters. The number of nitrogens with zero attached hydrogens (tertiary/aromatic N) is 1. The zero-order valence-electron chi connectivity index (χ0n) is 29.5. The van der Waals surface area contributed by atoms with Gasteiger partial charge in [0, 0.05) is 22.2 Å². The first kappa shape index (κ1) is 31.5. The summed E-state index contributed by atoms with van der Waals surface area (Å²) in [7, 11) is 0. The van der Waals surface area contributed by atoms with Gasteiger partial charge in [0.2, 0.25) is 0 Å². The van der Waals surface area contributed by atoms with Gasteiger partial charge in [0.15, 0.2) is 0 Å². The first-order chi connectivity index (χ1) is 25.6. The Morgan fingerprint density at radius 2 is 0.827 bits per heavy atom. The van der Waals surface area contributed by atoms with Crippen LogP contribution in [0, 0.1) is 0 Å². The van der Waals surface area contributed by atoms with E-state index in [1.807, 2.05) is 0 Å². The van der Waals surface area contributed by atoms with Gasteiger partial charge in [-0.1, -0.05) is 184 Å². The van der Waals surface area contributed by atoms with Crippen LogP contribution in [0.1, 0.15) is 25.0 Å². The van der Waals surface area contributed by atoms with Crippen molar-refractivity contribution >= 4 is 17.1 Å². The predicted octanol–water partition coefficient (Wildman–Crippen LogP) is 14.1. The van der Waals surface area contributed by atoms with E-state index in [1.54, 1.807) is 0 Å². The minimum atomic E-state index is -0.0427. The van der Waals surface area contributed by atoms with Gasteiger partial charge in [-0.25, -0.2) is 0 Å². The van der Waals surface area contributed by atoms with Crippen LogP contribution >= 0.6 is 0 Å². The SMILES string of the molecule is CC1(C)c2ccccc2-c2cc(-c3ccccc3N(c3ccccc3)c3cccc(-c4ccccc4)c3-c3ccccc3-c3ccccc3)ccc21. The molecule has 248 valence electrons. The van der Waals surface area contributed by atoms with Crippen LogP contribution in [0.3, 0.4) is 0 Å². The van der Waals surface area contributed by atoms with Gasteiger partial charge in [-0.05, 0) is 86.0 Å². The number of hydrogen-bond acceptors (Lipinski definition) is 1. The molecule has 0 aliphatic heterocycles. The maximum absolute atomic E-state index is 2.46. The van der Waals surface area contributed by atoms with Gasteiger partial charge in [-0.3, -0.25) is 0 Å². The second kappa shape index (κ2) is 13.0. The van der Waals surface area contributed by atoms with E-state index in [-0.39, 0.29) is 5.41 Å². The lowest BCUT2D eigenvalue weighted by molar-refractivity contribution is 0.660. The van der Waals surface area contributed by atoms with Gasteiger partial charge in [-0.15, -0.1) is 0 Å². The highest BCUT2D eigenvalue weighted by atomic mass is 15.1. The van der Waals surface area contributed by atoms with Gasteiger partial charge in [-0.2, -0.15) is 0 Å². The lowest BCUT2D eigenvalue weighted by Crippen LogP contribution is -2.14. The van der Waals surface area contributed by atoms with Crippen molar-refractivity contribution in [2.24, 2.45) is 0 Å². The molecule has 0 aromatic heterocycles. The van der Waals surface area contributed by atoms with E-state index in [0.29, 0.717) is 0 Å². The Bertz CT molecular complexity index is 2530. The van der Waals surface area contributed by atoms with Crippen LogP contribution in [0.5, 0.6) is 0 Å². The molecule has 0 atom stereocenters. The average molecular weight is 666 g/mol. The molecule has 8 aromatic carbocycles. The van der Waals surface area contributed by atoms with E-state index in [0.717, 1.165) is 17.1 Å². The molecule has 0 bridgehead atoms. The van der Waals surface area contributed by atoms with Crippen LogP contribution in [0.2, 0.25) is 0 Å². The van der Waals surface area contributed by atoms with Gasteiger partial charge in [0.1, 0.15) is 0 Å². The monoisotopic (exact) mass is 665 g/mol. The third-order valence-corrected chi connectivity index (χ3v) is 10.7. The average Bonchev–Trinajstić information content (AvgIpc) is 3.44. The van der Waals surface area contributed by atoms with Gasteiger partial charge in [0.25, 0.3) is 0 Å².